The molecule has 0 aliphatic rings. The van der Waals surface area contributed by atoms with Crippen LogP contribution in [0.3, 0.4) is 0 Å². The Morgan fingerprint density at radius 1 is 1.12 bits per heavy atom. The number of carbonyl (C=O) groups is 1. The number of amides is 1. The van der Waals surface area contributed by atoms with E-state index in [-0.39, 0.29) is 5.91 Å². The highest BCUT2D eigenvalue weighted by Gasteiger charge is 2.16. The van der Waals surface area contributed by atoms with Gasteiger partial charge in [0.25, 0.3) is 5.91 Å². The van der Waals surface area contributed by atoms with Crippen molar-refractivity contribution in [2.24, 2.45) is 0 Å². The minimum Gasteiger partial charge on any atom is -0.296 e. The Morgan fingerprint density at radius 3 is 2.54 bits per heavy atom. The molecule has 118 valence electrons. The van der Waals surface area contributed by atoms with Gasteiger partial charge in [-0.1, -0.05) is 54.7 Å². The molecule has 0 saturated heterocycles. The van der Waals surface area contributed by atoms with Crippen LogP contribution in [0.5, 0.6) is 0 Å². The fraction of sp³-hybridized carbons (Fsp3) is 0.111. The van der Waals surface area contributed by atoms with Crippen molar-refractivity contribution < 1.29 is 4.79 Å². The zero-order valence-corrected chi connectivity index (χ0v) is 13.8. The van der Waals surface area contributed by atoms with Gasteiger partial charge in [0.1, 0.15) is 5.01 Å². The van der Waals surface area contributed by atoms with Gasteiger partial charge in [0.2, 0.25) is 5.13 Å². The van der Waals surface area contributed by atoms with Crippen LogP contribution in [0.15, 0.2) is 48.5 Å². The van der Waals surface area contributed by atoms with E-state index in [4.69, 9.17) is 0 Å². The highest BCUT2D eigenvalue weighted by molar-refractivity contribution is 7.15. The van der Waals surface area contributed by atoms with Crippen LogP contribution in [0.25, 0.3) is 11.1 Å². The summed E-state index contributed by atoms with van der Waals surface area (Å²) in [4.78, 5) is 12.7. The van der Waals surface area contributed by atoms with Gasteiger partial charge in [0.05, 0.1) is 11.6 Å². The second kappa shape index (κ2) is 7.02. The van der Waals surface area contributed by atoms with E-state index >= 15 is 0 Å². The van der Waals surface area contributed by atoms with Gasteiger partial charge in [0.15, 0.2) is 0 Å². The number of nitriles is 1. The molecule has 0 bridgehead atoms. The van der Waals surface area contributed by atoms with Crippen molar-refractivity contribution in [3.63, 3.8) is 0 Å². The molecule has 1 aromatic heterocycles. The molecule has 0 aliphatic heterocycles. The molecular formula is C18H14N4OS. The monoisotopic (exact) mass is 334 g/mol. The fourth-order valence-corrected chi connectivity index (χ4v) is 3.02. The summed E-state index contributed by atoms with van der Waals surface area (Å²) < 4.78 is 0. The van der Waals surface area contributed by atoms with E-state index < -0.39 is 0 Å². The molecule has 1 heterocycles. The summed E-state index contributed by atoms with van der Waals surface area (Å²) in [6.45, 7) is 1.99. The van der Waals surface area contributed by atoms with Crippen molar-refractivity contribution in [2.45, 2.75) is 13.3 Å². The van der Waals surface area contributed by atoms with E-state index in [1.165, 1.54) is 11.3 Å². The molecule has 0 radical (unpaired) electrons. The summed E-state index contributed by atoms with van der Waals surface area (Å²) in [5.74, 6) is -0.267. The first-order chi connectivity index (χ1) is 11.7. The third kappa shape index (κ3) is 3.16. The Hall–Kier alpha value is -3.04. The van der Waals surface area contributed by atoms with Crippen LogP contribution in [0.1, 0.15) is 27.9 Å². The minimum atomic E-state index is -0.267. The number of hydrogen-bond donors (Lipinski definition) is 1. The van der Waals surface area contributed by atoms with Gasteiger partial charge in [-0.25, -0.2) is 0 Å². The standard InChI is InChI=1S/C18H14N4OS/c1-2-16-21-22-18(24-16)20-17(23)15-10-6-5-9-14(15)13-8-4-3-7-12(13)11-19/h3-10H,2H2,1H3,(H,20,22,23). The topological polar surface area (TPSA) is 78.7 Å². The van der Waals surface area contributed by atoms with Crippen LogP contribution < -0.4 is 5.32 Å². The molecule has 1 amide bonds. The summed E-state index contributed by atoms with van der Waals surface area (Å²) in [5, 5.41) is 21.4. The Morgan fingerprint density at radius 2 is 1.83 bits per heavy atom. The van der Waals surface area contributed by atoms with Gasteiger partial charge in [-0.15, -0.1) is 10.2 Å². The van der Waals surface area contributed by atoms with Crippen molar-refractivity contribution in [3.8, 4) is 17.2 Å². The molecule has 3 aromatic rings. The molecule has 0 spiro atoms. The van der Waals surface area contributed by atoms with E-state index in [2.05, 4.69) is 21.6 Å². The maximum Gasteiger partial charge on any atom is 0.258 e. The average molecular weight is 334 g/mol. The molecule has 3 rings (SSSR count). The fourth-order valence-electron chi connectivity index (χ4n) is 2.34. The van der Waals surface area contributed by atoms with E-state index in [0.717, 1.165) is 17.0 Å². The number of aromatic nitrogens is 2. The van der Waals surface area contributed by atoms with Crippen LogP contribution in [-0.4, -0.2) is 16.1 Å². The lowest BCUT2D eigenvalue weighted by Crippen LogP contribution is -2.13. The quantitative estimate of drug-likeness (QED) is 0.785. The molecule has 0 unspecified atom stereocenters. The molecule has 0 atom stereocenters. The third-order valence-electron chi connectivity index (χ3n) is 3.50. The first-order valence-electron chi connectivity index (χ1n) is 7.45. The number of anilines is 1. The molecule has 24 heavy (non-hydrogen) atoms. The van der Waals surface area contributed by atoms with Crippen molar-refractivity contribution >= 4 is 22.4 Å². The Balaban J connectivity index is 1.97. The van der Waals surface area contributed by atoms with Gasteiger partial charge in [-0.2, -0.15) is 5.26 Å². The van der Waals surface area contributed by atoms with Crippen LogP contribution in [0.4, 0.5) is 5.13 Å². The zero-order valence-electron chi connectivity index (χ0n) is 13.0. The van der Waals surface area contributed by atoms with Crippen molar-refractivity contribution in [3.05, 3.63) is 64.7 Å². The summed E-state index contributed by atoms with van der Waals surface area (Å²) in [5.41, 5.74) is 2.47. The second-order valence-electron chi connectivity index (χ2n) is 5.01. The van der Waals surface area contributed by atoms with E-state index in [1.54, 1.807) is 24.3 Å². The number of rotatable bonds is 4. The smallest absolute Gasteiger partial charge is 0.258 e. The van der Waals surface area contributed by atoms with Gasteiger partial charge >= 0.3 is 0 Å². The highest BCUT2D eigenvalue weighted by Crippen LogP contribution is 2.27. The summed E-state index contributed by atoms with van der Waals surface area (Å²) in [6, 6.07) is 16.6. The predicted molar refractivity (Wildman–Crippen MR) is 93.8 cm³/mol. The Bertz CT molecular complexity index is 927. The first kappa shape index (κ1) is 15.8. The van der Waals surface area contributed by atoms with E-state index in [0.29, 0.717) is 21.8 Å². The highest BCUT2D eigenvalue weighted by atomic mass is 32.1. The van der Waals surface area contributed by atoms with Gasteiger partial charge in [-0.3, -0.25) is 10.1 Å². The molecular weight excluding hydrogens is 320 g/mol. The van der Waals surface area contributed by atoms with Crippen molar-refractivity contribution in [2.75, 3.05) is 5.32 Å². The Labute approximate surface area is 143 Å². The molecule has 1 N–H and O–H groups in total. The number of benzene rings is 2. The van der Waals surface area contributed by atoms with Crippen LogP contribution >= 0.6 is 11.3 Å². The third-order valence-corrected chi connectivity index (χ3v) is 4.48. The zero-order chi connectivity index (χ0) is 16.9. The predicted octanol–water partition coefficient (Wildman–Crippen LogP) is 3.89. The molecule has 5 nitrogen and oxygen atoms in total. The van der Waals surface area contributed by atoms with Gasteiger partial charge in [-0.05, 0) is 24.1 Å². The first-order valence-corrected chi connectivity index (χ1v) is 8.27. The number of hydrogen-bond acceptors (Lipinski definition) is 5. The second-order valence-corrected chi connectivity index (χ2v) is 6.07. The number of nitrogens with zero attached hydrogens (tertiary/aromatic N) is 3. The van der Waals surface area contributed by atoms with E-state index in [9.17, 15) is 10.1 Å². The van der Waals surface area contributed by atoms with E-state index in [1.807, 2.05) is 31.2 Å². The normalized spacial score (nSPS) is 10.2. The van der Waals surface area contributed by atoms with Crippen LogP contribution in [0.2, 0.25) is 0 Å². The maximum absolute atomic E-state index is 12.7. The summed E-state index contributed by atoms with van der Waals surface area (Å²) in [6.07, 6.45) is 0.777. The molecule has 2 aromatic carbocycles. The number of nitrogens with one attached hydrogen (secondary N) is 1. The lowest BCUT2D eigenvalue weighted by molar-refractivity contribution is 0.102. The largest absolute Gasteiger partial charge is 0.296 e. The van der Waals surface area contributed by atoms with Gasteiger partial charge < -0.3 is 0 Å². The van der Waals surface area contributed by atoms with Crippen LogP contribution in [0, 0.1) is 11.3 Å². The SMILES string of the molecule is CCc1nnc(NC(=O)c2ccccc2-c2ccccc2C#N)s1. The maximum atomic E-state index is 12.7. The van der Waals surface area contributed by atoms with Gasteiger partial charge in [0, 0.05) is 11.1 Å². The lowest BCUT2D eigenvalue weighted by Gasteiger charge is -2.10. The number of aryl methyl sites for hydroxylation is 1. The molecule has 6 heteroatoms. The Kier molecular flexibility index (Phi) is 4.64. The lowest BCUT2D eigenvalue weighted by atomic mass is 9.95. The van der Waals surface area contributed by atoms with Crippen molar-refractivity contribution in [1.82, 2.24) is 10.2 Å². The summed E-state index contributed by atoms with van der Waals surface area (Å²) in [7, 11) is 0. The molecule has 0 aliphatic carbocycles. The molecule has 0 fully saturated rings. The average Bonchev–Trinajstić information content (AvgIpc) is 3.09. The molecule has 0 saturated carbocycles. The minimum absolute atomic E-state index is 0.267. The van der Waals surface area contributed by atoms with Crippen molar-refractivity contribution in [1.29, 1.82) is 5.26 Å². The summed E-state index contributed by atoms with van der Waals surface area (Å²) >= 11 is 1.36. The number of carbonyl (C=O) groups excluding carboxylic acids is 1. The van der Waals surface area contributed by atoms with Crippen LogP contribution in [-0.2, 0) is 6.42 Å².